The van der Waals surface area contributed by atoms with Crippen LogP contribution in [0.15, 0.2) is 36.4 Å². The molecule has 1 heterocycles. The maximum atomic E-state index is 10.5. The number of benzene rings is 2. The summed E-state index contributed by atoms with van der Waals surface area (Å²) in [4.78, 5) is 0. The molecule has 0 bridgehead atoms. The summed E-state index contributed by atoms with van der Waals surface area (Å²) >= 11 is 0. The van der Waals surface area contributed by atoms with E-state index in [9.17, 15) is 20.4 Å². The Kier molecular flexibility index (Phi) is 6.04. The topological polar surface area (TPSA) is 90.2 Å². The Hall–Kier alpha value is -1.76. The van der Waals surface area contributed by atoms with E-state index in [2.05, 4.69) is 43.3 Å². The van der Waals surface area contributed by atoms with Crippen LogP contribution in [0.2, 0.25) is 0 Å². The summed E-state index contributed by atoms with van der Waals surface area (Å²) in [6, 6.07) is 12.8. The van der Waals surface area contributed by atoms with Crippen molar-refractivity contribution >= 4 is 0 Å². The van der Waals surface area contributed by atoms with Gasteiger partial charge in [-0.05, 0) is 65.5 Å². The van der Waals surface area contributed by atoms with Crippen molar-refractivity contribution < 1.29 is 25.2 Å². The molecule has 0 saturated carbocycles. The van der Waals surface area contributed by atoms with Gasteiger partial charge in [0, 0.05) is 0 Å². The number of hydrogen-bond donors (Lipinski definition) is 4. The Labute approximate surface area is 171 Å². The van der Waals surface area contributed by atoms with Crippen molar-refractivity contribution in [2.24, 2.45) is 0 Å². The number of rotatable bonds is 5. The summed E-state index contributed by atoms with van der Waals surface area (Å²) in [5.74, 6) is 0. The lowest BCUT2D eigenvalue weighted by atomic mass is 9.87. The Morgan fingerprint density at radius 2 is 1.66 bits per heavy atom. The van der Waals surface area contributed by atoms with E-state index in [0.29, 0.717) is 0 Å². The minimum Gasteiger partial charge on any atom is -0.394 e. The first-order chi connectivity index (χ1) is 14.0. The Morgan fingerprint density at radius 1 is 0.931 bits per heavy atom. The van der Waals surface area contributed by atoms with Crippen molar-refractivity contribution in [1.82, 2.24) is 0 Å². The molecular formula is C24H30O5. The second kappa shape index (κ2) is 8.54. The molecule has 0 radical (unpaired) electrons. The van der Waals surface area contributed by atoms with E-state index in [1.807, 2.05) is 0 Å². The second-order valence-electron chi connectivity index (χ2n) is 8.27. The van der Waals surface area contributed by atoms with Crippen LogP contribution in [0.4, 0.5) is 0 Å². The lowest BCUT2D eigenvalue weighted by Crippen LogP contribution is -2.55. The molecule has 2 aromatic carbocycles. The van der Waals surface area contributed by atoms with E-state index in [1.54, 1.807) is 0 Å². The standard InChI is InChI=1S/C24H30O5/c1-2-14-6-8-15(9-7-14)10-17-12-18(11-16-4-3-5-19(16)17)24-23(28)22(27)21(26)20(13-25)29-24/h6-9,11-12,20-28H,2-5,10,13H2,1H3/t20-,21-,22+,23-,24+/m1/s1. The summed E-state index contributed by atoms with van der Waals surface area (Å²) in [5.41, 5.74) is 7.20. The van der Waals surface area contributed by atoms with Gasteiger partial charge in [0.25, 0.3) is 0 Å². The molecule has 5 heteroatoms. The highest BCUT2D eigenvalue weighted by atomic mass is 16.5. The van der Waals surface area contributed by atoms with Crippen molar-refractivity contribution in [3.63, 3.8) is 0 Å². The van der Waals surface area contributed by atoms with Crippen molar-refractivity contribution in [3.8, 4) is 0 Å². The van der Waals surface area contributed by atoms with Gasteiger partial charge in [0.15, 0.2) is 0 Å². The summed E-state index contributed by atoms with van der Waals surface area (Å²) in [5, 5.41) is 40.3. The molecule has 0 amide bonds. The van der Waals surface area contributed by atoms with Crippen LogP contribution in [0, 0.1) is 0 Å². The number of aliphatic hydroxyl groups excluding tert-OH is 4. The van der Waals surface area contributed by atoms with Gasteiger partial charge in [-0.25, -0.2) is 0 Å². The Bertz CT molecular complexity index is 845. The van der Waals surface area contributed by atoms with Crippen LogP contribution in [0.3, 0.4) is 0 Å². The molecule has 2 aliphatic rings. The van der Waals surface area contributed by atoms with Crippen molar-refractivity contribution in [2.75, 3.05) is 6.61 Å². The largest absolute Gasteiger partial charge is 0.394 e. The average molecular weight is 398 g/mol. The number of ether oxygens (including phenoxy) is 1. The fourth-order valence-corrected chi connectivity index (χ4v) is 4.64. The molecule has 5 nitrogen and oxygen atoms in total. The molecule has 156 valence electrons. The van der Waals surface area contributed by atoms with Gasteiger partial charge >= 0.3 is 0 Å². The Balaban J connectivity index is 1.67. The molecule has 5 atom stereocenters. The average Bonchev–Trinajstić information content (AvgIpc) is 3.22. The second-order valence-corrected chi connectivity index (χ2v) is 8.27. The van der Waals surface area contributed by atoms with Crippen LogP contribution in [-0.2, 0) is 30.4 Å². The van der Waals surface area contributed by atoms with E-state index >= 15 is 0 Å². The molecule has 29 heavy (non-hydrogen) atoms. The normalized spacial score (nSPS) is 29.1. The van der Waals surface area contributed by atoms with Crippen molar-refractivity contribution in [2.45, 2.75) is 69.5 Å². The van der Waals surface area contributed by atoms with Crippen LogP contribution in [-0.4, -0.2) is 51.4 Å². The molecular weight excluding hydrogens is 368 g/mol. The summed E-state index contributed by atoms with van der Waals surface area (Å²) < 4.78 is 5.80. The van der Waals surface area contributed by atoms with Crippen LogP contribution in [0.25, 0.3) is 0 Å². The fourth-order valence-electron chi connectivity index (χ4n) is 4.64. The van der Waals surface area contributed by atoms with Crippen molar-refractivity contribution in [1.29, 1.82) is 0 Å². The molecule has 0 aromatic heterocycles. The summed E-state index contributed by atoms with van der Waals surface area (Å²) in [6.45, 7) is 1.73. The zero-order chi connectivity index (χ0) is 20.5. The number of hydrogen-bond acceptors (Lipinski definition) is 5. The van der Waals surface area contributed by atoms with Gasteiger partial charge in [-0.2, -0.15) is 0 Å². The molecule has 0 spiro atoms. The van der Waals surface area contributed by atoms with Crippen LogP contribution >= 0.6 is 0 Å². The molecule has 1 aliphatic heterocycles. The number of aliphatic hydroxyl groups is 4. The van der Waals surface area contributed by atoms with E-state index in [1.165, 1.54) is 27.8 Å². The van der Waals surface area contributed by atoms with Crippen molar-refractivity contribution in [3.05, 3.63) is 69.8 Å². The van der Waals surface area contributed by atoms with E-state index < -0.39 is 37.1 Å². The molecule has 1 fully saturated rings. The highest BCUT2D eigenvalue weighted by molar-refractivity contribution is 5.45. The third kappa shape index (κ3) is 3.98. The predicted octanol–water partition coefficient (Wildman–Crippen LogP) is 1.84. The highest BCUT2D eigenvalue weighted by Gasteiger charge is 2.44. The first-order valence-corrected chi connectivity index (χ1v) is 10.5. The van der Waals surface area contributed by atoms with Gasteiger partial charge in [-0.3, -0.25) is 0 Å². The van der Waals surface area contributed by atoms with Crippen LogP contribution in [0.1, 0.15) is 52.8 Å². The summed E-state index contributed by atoms with van der Waals surface area (Å²) in [6.07, 6.45) is -0.649. The minimum absolute atomic E-state index is 0.414. The lowest BCUT2D eigenvalue weighted by Gasteiger charge is -2.40. The minimum atomic E-state index is -1.36. The highest BCUT2D eigenvalue weighted by Crippen LogP contribution is 2.37. The molecule has 0 unspecified atom stereocenters. The smallest absolute Gasteiger partial charge is 0.113 e. The fraction of sp³-hybridized carbons (Fsp3) is 0.500. The first-order valence-electron chi connectivity index (χ1n) is 10.5. The molecule has 1 saturated heterocycles. The number of fused-ring (bicyclic) bond motifs is 1. The van der Waals surface area contributed by atoms with Gasteiger partial charge < -0.3 is 25.2 Å². The number of aryl methyl sites for hydroxylation is 2. The zero-order valence-electron chi connectivity index (χ0n) is 16.8. The van der Waals surface area contributed by atoms with Crippen LogP contribution in [0.5, 0.6) is 0 Å². The third-order valence-corrected chi connectivity index (χ3v) is 6.38. The molecule has 2 aromatic rings. The molecule has 4 rings (SSSR count). The van der Waals surface area contributed by atoms with E-state index in [-0.39, 0.29) is 0 Å². The van der Waals surface area contributed by atoms with Gasteiger partial charge in [0.05, 0.1) is 6.61 Å². The van der Waals surface area contributed by atoms with Crippen LogP contribution < -0.4 is 0 Å². The van der Waals surface area contributed by atoms with Gasteiger partial charge in [0.2, 0.25) is 0 Å². The zero-order valence-corrected chi connectivity index (χ0v) is 16.8. The maximum absolute atomic E-state index is 10.5. The van der Waals surface area contributed by atoms with Gasteiger partial charge in [-0.15, -0.1) is 0 Å². The summed E-state index contributed by atoms with van der Waals surface area (Å²) in [7, 11) is 0. The van der Waals surface area contributed by atoms with Gasteiger partial charge in [-0.1, -0.05) is 43.3 Å². The lowest BCUT2D eigenvalue weighted by molar-refractivity contribution is -0.231. The Morgan fingerprint density at radius 3 is 2.34 bits per heavy atom. The molecule has 4 N–H and O–H groups in total. The quantitative estimate of drug-likeness (QED) is 0.617. The van der Waals surface area contributed by atoms with Gasteiger partial charge in [0.1, 0.15) is 30.5 Å². The SMILES string of the molecule is CCc1ccc(Cc2cc([C@@H]3O[C@H](CO)[C@@H](O)[C@H](O)[C@H]3O)cc3c2CCC3)cc1. The molecule has 1 aliphatic carbocycles. The third-order valence-electron chi connectivity index (χ3n) is 6.38. The first kappa shape index (κ1) is 20.5. The maximum Gasteiger partial charge on any atom is 0.113 e. The van der Waals surface area contributed by atoms with E-state index in [4.69, 9.17) is 4.74 Å². The monoisotopic (exact) mass is 398 g/mol. The predicted molar refractivity (Wildman–Crippen MR) is 110 cm³/mol. The van der Waals surface area contributed by atoms with E-state index in [0.717, 1.165) is 37.7 Å².